The number of benzene rings is 1. The van der Waals surface area contributed by atoms with Gasteiger partial charge >= 0.3 is 0 Å². The summed E-state index contributed by atoms with van der Waals surface area (Å²) in [6.07, 6.45) is 3.03. The molecule has 3 heteroatoms. The molecule has 0 bridgehead atoms. The maximum Gasteiger partial charge on any atom is 0.180 e. The second-order valence-corrected chi connectivity index (χ2v) is 5.22. The molecule has 0 aliphatic carbocycles. The first-order valence-electron chi connectivity index (χ1n) is 7.15. The van der Waals surface area contributed by atoms with E-state index in [-0.39, 0.29) is 11.8 Å². The van der Waals surface area contributed by atoms with E-state index in [4.69, 9.17) is 4.74 Å². The standard InChI is InChI=1S/C16H23NO2/c1-4-10-19-15-8-7-13(11(2)12(15)3)16(18)14-6-5-9-17-14/h7-8,14,17H,4-6,9-10H2,1-3H3. The van der Waals surface area contributed by atoms with E-state index in [1.807, 2.05) is 26.0 Å². The lowest BCUT2D eigenvalue weighted by Crippen LogP contribution is -2.31. The normalized spacial score (nSPS) is 18.6. The van der Waals surface area contributed by atoms with Crippen LogP contribution in [0.2, 0.25) is 0 Å². The van der Waals surface area contributed by atoms with Crippen molar-refractivity contribution >= 4 is 5.78 Å². The van der Waals surface area contributed by atoms with Crippen molar-refractivity contribution in [3.63, 3.8) is 0 Å². The molecular weight excluding hydrogens is 238 g/mol. The monoisotopic (exact) mass is 261 g/mol. The molecule has 0 spiro atoms. The van der Waals surface area contributed by atoms with Gasteiger partial charge in [0.15, 0.2) is 5.78 Å². The summed E-state index contributed by atoms with van der Waals surface area (Å²) >= 11 is 0. The fourth-order valence-electron chi connectivity index (χ4n) is 2.53. The zero-order valence-corrected chi connectivity index (χ0v) is 12.1. The first kappa shape index (κ1) is 14.1. The Balaban J connectivity index is 2.22. The van der Waals surface area contributed by atoms with Gasteiger partial charge in [0.2, 0.25) is 0 Å². The molecule has 104 valence electrons. The summed E-state index contributed by atoms with van der Waals surface area (Å²) in [5, 5.41) is 3.27. The number of nitrogens with one attached hydrogen (secondary N) is 1. The molecule has 1 heterocycles. The molecule has 0 radical (unpaired) electrons. The van der Waals surface area contributed by atoms with Gasteiger partial charge in [-0.15, -0.1) is 0 Å². The van der Waals surface area contributed by atoms with Crippen LogP contribution < -0.4 is 10.1 Å². The number of rotatable bonds is 5. The Bertz CT molecular complexity index is 462. The smallest absolute Gasteiger partial charge is 0.180 e. The van der Waals surface area contributed by atoms with Gasteiger partial charge in [0, 0.05) is 5.56 Å². The van der Waals surface area contributed by atoms with Gasteiger partial charge in [-0.05, 0) is 62.9 Å². The summed E-state index contributed by atoms with van der Waals surface area (Å²) in [6, 6.07) is 3.84. The van der Waals surface area contributed by atoms with E-state index in [9.17, 15) is 4.79 Å². The number of ether oxygens (including phenoxy) is 1. The van der Waals surface area contributed by atoms with E-state index in [1.54, 1.807) is 0 Å². The molecule has 1 aliphatic rings. The molecule has 1 atom stereocenters. The zero-order valence-electron chi connectivity index (χ0n) is 12.1. The van der Waals surface area contributed by atoms with Crippen LogP contribution in [0.15, 0.2) is 12.1 Å². The van der Waals surface area contributed by atoms with Crippen molar-refractivity contribution in [3.05, 3.63) is 28.8 Å². The van der Waals surface area contributed by atoms with Crippen LogP contribution in [-0.2, 0) is 0 Å². The minimum absolute atomic E-state index is 0.000472. The Labute approximate surface area is 115 Å². The third kappa shape index (κ3) is 2.98. The Morgan fingerprint density at radius 3 is 2.79 bits per heavy atom. The summed E-state index contributed by atoms with van der Waals surface area (Å²) < 4.78 is 5.70. The largest absolute Gasteiger partial charge is 0.493 e. The van der Waals surface area contributed by atoms with Gasteiger partial charge in [-0.2, -0.15) is 0 Å². The van der Waals surface area contributed by atoms with Crippen molar-refractivity contribution in [2.45, 2.75) is 46.1 Å². The summed E-state index contributed by atoms with van der Waals surface area (Å²) in [7, 11) is 0. The summed E-state index contributed by atoms with van der Waals surface area (Å²) in [4.78, 5) is 12.4. The van der Waals surface area contributed by atoms with Crippen molar-refractivity contribution in [3.8, 4) is 5.75 Å². The molecule has 0 saturated carbocycles. The number of carbonyl (C=O) groups is 1. The van der Waals surface area contributed by atoms with E-state index in [2.05, 4.69) is 12.2 Å². The molecule has 1 fully saturated rings. The predicted octanol–water partition coefficient (Wildman–Crippen LogP) is 3.03. The predicted molar refractivity (Wildman–Crippen MR) is 77.1 cm³/mol. The van der Waals surface area contributed by atoms with Gasteiger partial charge in [-0.3, -0.25) is 4.79 Å². The van der Waals surface area contributed by atoms with Crippen molar-refractivity contribution in [2.75, 3.05) is 13.2 Å². The van der Waals surface area contributed by atoms with Crippen LogP contribution in [0.1, 0.15) is 47.7 Å². The Kier molecular flexibility index (Phi) is 4.59. The van der Waals surface area contributed by atoms with Crippen molar-refractivity contribution in [2.24, 2.45) is 0 Å². The number of hydrogen-bond donors (Lipinski definition) is 1. The van der Waals surface area contributed by atoms with Crippen molar-refractivity contribution < 1.29 is 9.53 Å². The maximum absolute atomic E-state index is 12.4. The van der Waals surface area contributed by atoms with E-state index < -0.39 is 0 Å². The minimum Gasteiger partial charge on any atom is -0.493 e. The number of ketones is 1. The molecule has 19 heavy (non-hydrogen) atoms. The van der Waals surface area contributed by atoms with Gasteiger partial charge in [-0.1, -0.05) is 6.92 Å². The zero-order chi connectivity index (χ0) is 13.8. The Hall–Kier alpha value is -1.35. The quantitative estimate of drug-likeness (QED) is 0.828. The van der Waals surface area contributed by atoms with Crippen LogP contribution in [0.5, 0.6) is 5.75 Å². The molecule has 0 amide bonds. The highest BCUT2D eigenvalue weighted by Gasteiger charge is 2.25. The molecule has 1 aromatic rings. The highest BCUT2D eigenvalue weighted by Crippen LogP contribution is 2.26. The average Bonchev–Trinajstić information content (AvgIpc) is 2.94. The van der Waals surface area contributed by atoms with Gasteiger partial charge < -0.3 is 10.1 Å². The van der Waals surface area contributed by atoms with Gasteiger partial charge in [-0.25, -0.2) is 0 Å². The van der Waals surface area contributed by atoms with Gasteiger partial charge in [0.1, 0.15) is 5.75 Å². The highest BCUT2D eigenvalue weighted by molar-refractivity contribution is 6.01. The molecule has 1 unspecified atom stereocenters. The fraction of sp³-hybridized carbons (Fsp3) is 0.562. The van der Waals surface area contributed by atoms with Crippen molar-refractivity contribution in [1.29, 1.82) is 0 Å². The number of hydrogen-bond acceptors (Lipinski definition) is 3. The number of Topliss-reactive ketones (excluding diaryl/α,β-unsaturated/α-hetero) is 1. The summed E-state index contributed by atoms with van der Waals surface area (Å²) in [5.74, 6) is 1.12. The van der Waals surface area contributed by atoms with E-state index >= 15 is 0 Å². The second kappa shape index (κ2) is 6.20. The number of carbonyl (C=O) groups excluding carboxylic acids is 1. The average molecular weight is 261 g/mol. The van der Waals surface area contributed by atoms with Crippen molar-refractivity contribution in [1.82, 2.24) is 5.32 Å². The molecule has 1 N–H and O–H groups in total. The van der Waals surface area contributed by atoms with E-state index in [1.165, 1.54) is 0 Å². The van der Waals surface area contributed by atoms with E-state index in [0.29, 0.717) is 0 Å². The van der Waals surface area contributed by atoms with Gasteiger partial charge in [0.05, 0.1) is 12.6 Å². The lowest BCUT2D eigenvalue weighted by molar-refractivity contribution is 0.0951. The molecule has 1 saturated heterocycles. The van der Waals surface area contributed by atoms with Gasteiger partial charge in [0.25, 0.3) is 0 Å². The fourth-order valence-corrected chi connectivity index (χ4v) is 2.53. The second-order valence-electron chi connectivity index (χ2n) is 5.22. The van der Waals surface area contributed by atoms with Crippen LogP contribution >= 0.6 is 0 Å². The Morgan fingerprint density at radius 2 is 2.16 bits per heavy atom. The molecule has 3 nitrogen and oxygen atoms in total. The lowest BCUT2D eigenvalue weighted by Gasteiger charge is -2.16. The third-order valence-electron chi connectivity index (χ3n) is 3.84. The first-order valence-corrected chi connectivity index (χ1v) is 7.15. The first-order chi connectivity index (χ1) is 9.15. The van der Waals surface area contributed by atoms with Crippen LogP contribution in [0.25, 0.3) is 0 Å². The molecular formula is C16H23NO2. The Morgan fingerprint density at radius 1 is 1.37 bits per heavy atom. The van der Waals surface area contributed by atoms with Crippen LogP contribution in [0, 0.1) is 13.8 Å². The minimum atomic E-state index is 0.000472. The topological polar surface area (TPSA) is 38.3 Å². The maximum atomic E-state index is 12.4. The highest BCUT2D eigenvalue weighted by atomic mass is 16.5. The van der Waals surface area contributed by atoms with Crippen LogP contribution in [0.3, 0.4) is 0 Å². The molecule has 1 aromatic carbocycles. The molecule has 2 rings (SSSR count). The summed E-state index contributed by atoms with van der Waals surface area (Å²) in [6.45, 7) is 7.80. The molecule has 1 aliphatic heterocycles. The van der Waals surface area contributed by atoms with Crippen LogP contribution in [-0.4, -0.2) is 25.0 Å². The SMILES string of the molecule is CCCOc1ccc(C(=O)C2CCCN2)c(C)c1C. The van der Waals surface area contributed by atoms with Crippen LogP contribution in [0.4, 0.5) is 0 Å². The lowest BCUT2D eigenvalue weighted by atomic mass is 9.95. The molecule has 0 aromatic heterocycles. The van der Waals surface area contributed by atoms with E-state index in [0.717, 1.165) is 54.9 Å². The third-order valence-corrected chi connectivity index (χ3v) is 3.84. The summed E-state index contributed by atoms with van der Waals surface area (Å²) in [5.41, 5.74) is 2.96.